The molecular formula is C93H132O30. The Morgan fingerprint density at radius 1 is 0.293 bits per heavy atom. The van der Waals surface area contributed by atoms with E-state index in [1.807, 2.05) is 104 Å². The van der Waals surface area contributed by atoms with Gasteiger partial charge in [0, 0.05) is 59.2 Å². The number of methoxy groups -OCH3 is 1. The summed E-state index contributed by atoms with van der Waals surface area (Å²) >= 11 is 0. The average Bonchev–Trinajstić information content (AvgIpc) is 1.54. The van der Waals surface area contributed by atoms with Gasteiger partial charge in [-0.15, -0.1) is 0 Å². The SMILES string of the molecule is CCC(C)(C)C(=O)OC1C2CC3C1OC(=O)C3C2C(=O)OC.CCC(C)(C)C(=O)OC1C2CC3C1OC(=O)C3C2C(=O)OC(C)(C)C.CCC(C)(C)C(=O)OC1C2CC3C1OC(=O)C3C2C(=O)OC1CCCC1.CCC(C)(C)C(=O)OC1C2CC3C1OC(=O)C3C2C(=O)OC1CCCCC1.CCOC(=O)C1C2CC3C(OC(=O)C31)C2OC(=O)C(C)(C)CC. The lowest BCUT2D eigenvalue weighted by molar-refractivity contribution is -0.176. The standard InChI is InChI=1S/C21H30O6.C20H28O6.C19H28O6.C17H24O6.C16H22O6/c1-4-21(2,3)20(24)27-17-13-10-12-15(19(23)26-16(12)17)14(13)18(22)25-11-8-6-5-7-9-11;1-4-20(2,3)19(23)26-16-12-9-11-14(18(22)25-15(11)16)13(12)17(21)24-10-7-5-6-8-10;1-7-19(5,6)17(22)24-14-10-8-9-11(15(20)23-13(9)14)12(10)16(21)25-18(2,3)4;1-5-17(3,4)16(20)23-13-8-7-9-11(15(19)22-12(9)13)10(8)14(18)21-6-2;1-5-16(2,3)15(19)22-12-7-6-8-10(9(7)13(17)20-4)14(18)21-11(8)12/h11-17H,4-10H2,1-3H3;10-16H,4-9H2,1-3H3;9-14H,7-8H2,1-6H3;8-13H,5-7H2,1-4H3;7-12H,5-6H2,1-4H3. The Kier molecular flexibility index (Phi) is 26.4. The van der Waals surface area contributed by atoms with Crippen molar-refractivity contribution in [3.05, 3.63) is 0 Å². The Bertz CT molecular complexity index is 4110. The maximum atomic E-state index is 13.0. The van der Waals surface area contributed by atoms with Crippen molar-refractivity contribution in [2.24, 2.45) is 145 Å². The summed E-state index contributed by atoms with van der Waals surface area (Å²) in [6.07, 6.45) is 11.0. The molecular weight excluding hydrogens is 1600 g/mol. The van der Waals surface area contributed by atoms with Crippen molar-refractivity contribution in [2.45, 2.75) is 332 Å². The van der Waals surface area contributed by atoms with Gasteiger partial charge in [-0.25, -0.2) is 0 Å². The molecule has 17 rings (SSSR count). The largest absolute Gasteiger partial charge is 0.469 e. The van der Waals surface area contributed by atoms with Crippen LogP contribution in [0.3, 0.4) is 0 Å². The van der Waals surface area contributed by atoms with Crippen LogP contribution < -0.4 is 0 Å². The Balaban J connectivity index is 0.000000133. The zero-order chi connectivity index (χ0) is 89.9. The Morgan fingerprint density at radius 3 is 0.732 bits per heavy atom. The van der Waals surface area contributed by atoms with E-state index in [9.17, 15) is 71.9 Å². The highest BCUT2D eigenvalue weighted by atomic mass is 16.6. The van der Waals surface area contributed by atoms with Crippen molar-refractivity contribution in [1.29, 1.82) is 0 Å². The molecule has 0 amide bonds. The number of hydrogen-bond acceptors (Lipinski definition) is 30. The van der Waals surface area contributed by atoms with Gasteiger partial charge in [-0.1, -0.05) is 41.0 Å². The summed E-state index contributed by atoms with van der Waals surface area (Å²) in [5, 5.41) is 0. The summed E-state index contributed by atoms with van der Waals surface area (Å²) in [6, 6.07) is 0. The molecule has 123 heavy (non-hydrogen) atoms. The van der Waals surface area contributed by atoms with Gasteiger partial charge in [0.2, 0.25) is 0 Å². The molecule has 10 bridgehead atoms. The van der Waals surface area contributed by atoms with E-state index in [0.29, 0.717) is 64.2 Å². The third kappa shape index (κ3) is 17.0. The van der Waals surface area contributed by atoms with Crippen LogP contribution in [0.1, 0.15) is 254 Å². The first-order valence-electron chi connectivity index (χ1n) is 45.7. The van der Waals surface area contributed by atoms with E-state index in [2.05, 4.69) is 0 Å². The summed E-state index contributed by atoms with van der Waals surface area (Å²) in [5.41, 5.74) is -3.61. The van der Waals surface area contributed by atoms with E-state index in [1.54, 1.807) is 27.7 Å². The lowest BCUT2D eigenvalue weighted by atomic mass is 9.78. The molecule has 30 heteroatoms. The van der Waals surface area contributed by atoms with Gasteiger partial charge in [0.1, 0.15) is 78.8 Å². The van der Waals surface area contributed by atoms with Crippen LogP contribution in [0.15, 0.2) is 0 Å². The number of ether oxygens (including phenoxy) is 15. The van der Waals surface area contributed by atoms with Gasteiger partial charge >= 0.3 is 89.5 Å². The van der Waals surface area contributed by atoms with Gasteiger partial charge in [0.05, 0.1) is 100.0 Å². The topological polar surface area (TPSA) is 394 Å². The molecule has 0 aromatic carbocycles. The van der Waals surface area contributed by atoms with Crippen LogP contribution >= 0.6 is 0 Å². The second kappa shape index (κ2) is 35.0. The van der Waals surface area contributed by atoms with Crippen molar-refractivity contribution >= 4 is 89.5 Å². The molecule has 0 aromatic rings. The van der Waals surface area contributed by atoms with Crippen molar-refractivity contribution in [3.63, 3.8) is 0 Å². The predicted octanol–water partition coefficient (Wildman–Crippen LogP) is 11.1. The van der Waals surface area contributed by atoms with E-state index in [-0.39, 0.29) is 156 Å². The first-order chi connectivity index (χ1) is 57.7. The fraction of sp³-hybridized carbons (Fsp3) is 0.839. The minimum absolute atomic E-state index is 0.0313. The van der Waals surface area contributed by atoms with Crippen molar-refractivity contribution in [3.8, 4) is 0 Å². The highest BCUT2D eigenvalue weighted by Crippen LogP contribution is 2.65. The summed E-state index contributed by atoms with van der Waals surface area (Å²) in [5.74, 6) is -11.1. The van der Waals surface area contributed by atoms with Crippen LogP contribution in [0.25, 0.3) is 0 Å². The van der Waals surface area contributed by atoms with Gasteiger partial charge in [0.15, 0.2) is 0 Å². The molecule has 5 saturated heterocycles. The quantitative estimate of drug-likeness (QED) is 0.0677. The molecule has 5 aliphatic heterocycles. The summed E-state index contributed by atoms with van der Waals surface area (Å²) < 4.78 is 83.2. The number of rotatable bonds is 23. The molecule has 12 saturated carbocycles. The molecule has 0 aromatic heterocycles. The smallest absolute Gasteiger partial charge is 0.311 e. The highest BCUT2D eigenvalue weighted by Gasteiger charge is 2.76. The van der Waals surface area contributed by atoms with Crippen LogP contribution in [-0.2, 0) is 143 Å². The minimum atomic E-state index is -0.628. The van der Waals surface area contributed by atoms with Gasteiger partial charge < -0.3 is 71.1 Å². The van der Waals surface area contributed by atoms with E-state index in [4.69, 9.17) is 71.1 Å². The fourth-order valence-electron chi connectivity index (χ4n) is 22.9. The maximum Gasteiger partial charge on any atom is 0.311 e. The van der Waals surface area contributed by atoms with Gasteiger partial charge in [-0.3, -0.25) is 71.9 Å². The second-order valence-electron chi connectivity index (χ2n) is 42.0. The number of carbonyl (C=O) groups excluding carboxylic acids is 15. The molecule has 5 heterocycles. The summed E-state index contributed by atoms with van der Waals surface area (Å²) in [4.78, 5) is 186. The number of esters is 15. The fourth-order valence-corrected chi connectivity index (χ4v) is 22.9. The Hall–Kier alpha value is -7.95. The Morgan fingerprint density at radius 2 is 0.512 bits per heavy atom. The van der Waals surface area contributed by atoms with Crippen molar-refractivity contribution < 1.29 is 143 Å². The first-order valence-corrected chi connectivity index (χ1v) is 45.7. The van der Waals surface area contributed by atoms with Crippen LogP contribution in [0.5, 0.6) is 0 Å². The zero-order valence-electron chi connectivity index (χ0n) is 75.4. The lowest BCUT2D eigenvalue weighted by Gasteiger charge is -2.33. The molecule has 30 unspecified atom stereocenters. The third-order valence-electron chi connectivity index (χ3n) is 31.8. The van der Waals surface area contributed by atoms with Crippen LogP contribution in [-0.4, -0.2) is 182 Å². The first kappa shape index (κ1) is 92.7. The normalized spacial score (nSPS) is 37.8. The van der Waals surface area contributed by atoms with Crippen molar-refractivity contribution in [1.82, 2.24) is 0 Å². The Labute approximate surface area is 720 Å². The minimum Gasteiger partial charge on any atom is -0.469 e. The van der Waals surface area contributed by atoms with Gasteiger partial charge in [-0.05, 0) is 213 Å². The van der Waals surface area contributed by atoms with Crippen LogP contribution in [0.2, 0.25) is 0 Å². The molecule has 17 fully saturated rings. The third-order valence-corrected chi connectivity index (χ3v) is 31.8. The molecule has 17 aliphatic rings. The molecule has 0 radical (unpaired) electrons. The molecule has 684 valence electrons. The predicted molar refractivity (Wildman–Crippen MR) is 428 cm³/mol. The second-order valence-corrected chi connectivity index (χ2v) is 42.0. The monoisotopic (exact) mass is 1730 g/mol. The summed E-state index contributed by atoms with van der Waals surface area (Å²) in [6.45, 7) is 35.4. The van der Waals surface area contributed by atoms with E-state index < -0.39 is 165 Å². The lowest BCUT2D eigenvalue weighted by Crippen LogP contribution is -2.46. The van der Waals surface area contributed by atoms with Crippen LogP contribution in [0.4, 0.5) is 0 Å². The van der Waals surface area contributed by atoms with Gasteiger partial charge in [-0.2, -0.15) is 0 Å². The van der Waals surface area contributed by atoms with Gasteiger partial charge in [0.25, 0.3) is 0 Å². The van der Waals surface area contributed by atoms with E-state index in [0.717, 1.165) is 51.4 Å². The number of fused-ring (bicyclic) bond motifs is 5. The van der Waals surface area contributed by atoms with E-state index >= 15 is 0 Å². The molecule has 12 aliphatic carbocycles. The molecule has 0 N–H and O–H groups in total. The average molecular weight is 1730 g/mol. The number of hydrogen-bond donors (Lipinski definition) is 0. The van der Waals surface area contributed by atoms with Crippen molar-refractivity contribution in [2.75, 3.05) is 13.7 Å². The molecule has 0 spiro atoms. The zero-order valence-corrected chi connectivity index (χ0v) is 75.4. The highest BCUT2D eigenvalue weighted by molar-refractivity contribution is 5.91. The van der Waals surface area contributed by atoms with E-state index in [1.165, 1.54) is 13.5 Å². The summed E-state index contributed by atoms with van der Waals surface area (Å²) in [7, 11) is 1.31. The molecule has 30 nitrogen and oxygen atoms in total. The number of carbonyl (C=O) groups is 15. The maximum absolute atomic E-state index is 13.0. The van der Waals surface area contributed by atoms with Crippen LogP contribution in [0, 0.1) is 145 Å². The molecule has 30 atom stereocenters.